The van der Waals surface area contributed by atoms with Crippen molar-refractivity contribution in [3.8, 4) is 5.75 Å². The van der Waals surface area contributed by atoms with Gasteiger partial charge in [0.25, 0.3) is 5.91 Å². The van der Waals surface area contributed by atoms with Crippen molar-refractivity contribution in [1.82, 2.24) is 10.3 Å². The van der Waals surface area contributed by atoms with E-state index >= 15 is 0 Å². The predicted octanol–water partition coefficient (Wildman–Crippen LogP) is 2.86. The largest absolute Gasteiger partial charge is 0.497 e. The molecule has 2 aliphatic carbocycles. The number of carbonyl (C=O) groups excluding carboxylic acids is 2. The van der Waals surface area contributed by atoms with Crippen LogP contribution in [0.25, 0.3) is 0 Å². The van der Waals surface area contributed by atoms with Crippen LogP contribution < -0.4 is 15.4 Å². The highest BCUT2D eigenvalue weighted by molar-refractivity contribution is 7.15. The fraction of sp³-hybridized carbons (Fsp3) is 0.593. The summed E-state index contributed by atoms with van der Waals surface area (Å²) in [6.45, 7) is 4.27. The molecule has 0 saturated heterocycles. The van der Waals surface area contributed by atoms with Crippen LogP contribution in [0.3, 0.4) is 0 Å². The average Bonchev–Trinajstić information content (AvgIpc) is 3.28. The molecule has 1 aromatic carbocycles. The van der Waals surface area contributed by atoms with E-state index in [1.165, 1.54) is 18.4 Å². The van der Waals surface area contributed by atoms with Crippen LogP contribution in [-0.4, -0.2) is 60.5 Å². The van der Waals surface area contributed by atoms with E-state index in [0.29, 0.717) is 30.9 Å². The lowest BCUT2D eigenvalue weighted by Gasteiger charge is -2.58. The third kappa shape index (κ3) is 5.38. The van der Waals surface area contributed by atoms with Crippen LogP contribution >= 0.6 is 11.3 Å². The Morgan fingerprint density at radius 1 is 1.19 bits per heavy atom. The number of fused-ring (bicyclic) bond motifs is 2. The van der Waals surface area contributed by atoms with Gasteiger partial charge in [-0.05, 0) is 48.3 Å². The highest BCUT2D eigenvalue weighted by Gasteiger charge is 2.59. The number of aliphatic hydroxyl groups excluding tert-OH is 2. The number of aliphatic hydroxyl groups is 2. The maximum absolute atomic E-state index is 13.3. The molecule has 1 heterocycles. The van der Waals surface area contributed by atoms with Gasteiger partial charge >= 0.3 is 0 Å². The summed E-state index contributed by atoms with van der Waals surface area (Å²) in [6.07, 6.45) is 1.48. The smallest absolute Gasteiger partial charge is 0.252 e. The van der Waals surface area contributed by atoms with Gasteiger partial charge in [0.15, 0.2) is 5.13 Å². The summed E-state index contributed by atoms with van der Waals surface area (Å²) < 4.78 is 10.1. The SMILES string of the molecule is COCC(=O)Nc1nc2c(s1)CC1C(C)(CO)C(O)CCC1(C)C2CC(=O)NCc1ccc(OC)cc1. The summed E-state index contributed by atoms with van der Waals surface area (Å²) in [7, 11) is 3.07. The van der Waals surface area contributed by atoms with Gasteiger partial charge in [0.05, 0.1) is 25.5 Å². The minimum atomic E-state index is -0.702. The number of nitrogens with one attached hydrogen (secondary N) is 2. The molecule has 2 amide bonds. The van der Waals surface area contributed by atoms with E-state index in [4.69, 9.17) is 14.5 Å². The number of benzene rings is 1. The van der Waals surface area contributed by atoms with E-state index in [2.05, 4.69) is 17.6 Å². The fourth-order valence-corrected chi connectivity index (χ4v) is 7.27. The Balaban J connectivity index is 1.61. The lowest BCUT2D eigenvalue weighted by atomic mass is 9.47. The first-order valence-corrected chi connectivity index (χ1v) is 13.4. The highest BCUT2D eigenvalue weighted by atomic mass is 32.1. The van der Waals surface area contributed by atoms with Crippen LogP contribution in [0.2, 0.25) is 0 Å². The van der Waals surface area contributed by atoms with Gasteiger partial charge in [0.1, 0.15) is 12.4 Å². The number of hydrogen-bond donors (Lipinski definition) is 4. The van der Waals surface area contributed by atoms with Crippen molar-refractivity contribution in [1.29, 1.82) is 0 Å². The number of thiazole rings is 1. The van der Waals surface area contributed by atoms with Gasteiger partial charge in [0.2, 0.25) is 5.91 Å². The lowest BCUT2D eigenvalue weighted by molar-refractivity contribution is -0.144. The molecule has 202 valence electrons. The van der Waals surface area contributed by atoms with Crippen molar-refractivity contribution in [3.63, 3.8) is 0 Å². The van der Waals surface area contributed by atoms with E-state index in [9.17, 15) is 19.8 Å². The normalized spacial score (nSPS) is 28.6. The molecule has 1 aromatic heterocycles. The topological polar surface area (TPSA) is 130 Å². The van der Waals surface area contributed by atoms with Crippen molar-refractivity contribution < 1.29 is 29.3 Å². The highest BCUT2D eigenvalue weighted by Crippen LogP contribution is 2.62. The van der Waals surface area contributed by atoms with Gasteiger partial charge in [-0.15, -0.1) is 11.3 Å². The number of ether oxygens (including phenoxy) is 2. The molecule has 1 fully saturated rings. The van der Waals surface area contributed by atoms with Gasteiger partial charge in [-0.2, -0.15) is 0 Å². The summed E-state index contributed by atoms with van der Waals surface area (Å²) in [5.41, 5.74) is 0.732. The lowest BCUT2D eigenvalue weighted by Crippen LogP contribution is -2.57. The predicted molar refractivity (Wildman–Crippen MR) is 141 cm³/mol. The summed E-state index contributed by atoms with van der Waals surface area (Å²) in [4.78, 5) is 31.2. The number of anilines is 1. The van der Waals surface area contributed by atoms with E-state index in [0.717, 1.165) is 21.9 Å². The molecule has 2 aromatic rings. The second kappa shape index (κ2) is 11.1. The quantitative estimate of drug-likeness (QED) is 0.391. The number of methoxy groups -OCH3 is 2. The molecular weight excluding hydrogens is 494 g/mol. The molecule has 4 rings (SSSR count). The van der Waals surface area contributed by atoms with Crippen LogP contribution in [0.1, 0.15) is 55.2 Å². The van der Waals surface area contributed by atoms with Crippen molar-refractivity contribution in [3.05, 3.63) is 40.4 Å². The summed E-state index contributed by atoms with van der Waals surface area (Å²) in [5, 5.41) is 27.6. The summed E-state index contributed by atoms with van der Waals surface area (Å²) >= 11 is 1.40. The number of nitrogens with zero attached hydrogens (tertiary/aromatic N) is 1. The Morgan fingerprint density at radius 2 is 1.92 bits per heavy atom. The van der Waals surface area contributed by atoms with Gasteiger partial charge in [-0.1, -0.05) is 26.0 Å². The van der Waals surface area contributed by atoms with Crippen molar-refractivity contribution in [2.24, 2.45) is 16.7 Å². The molecule has 0 spiro atoms. The number of rotatable bonds is 9. The second-order valence-electron chi connectivity index (χ2n) is 10.7. The Labute approximate surface area is 221 Å². The zero-order chi connectivity index (χ0) is 26.8. The summed E-state index contributed by atoms with van der Waals surface area (Å²) in [6, 6.07) is 7.55. The Morgan fingerprint density at radius 3 is 2.57 bits per heavy atom. The first kappa shape index (κ1) is 27.5. The van der Waals surface area contributed by atoms with E-state index in [-0.39, 0.29) is 48.7 Å². The Kier molecular flexibility index (Phi) is 8.23. The molecule has 2 aliphatic rings. The van der Waals surface area contributed by atoms with Crippen LogP contribution in [0.5, 0.6) is 5.75 Å². The number of hydrogen-bond acceptors (Lipinski definition) is 8. The molecular formula is C27H37N3O6S. The molecule has 0 radical (unpaired) electrons. The van der Waals surface area contributed by atoms with Gasteiger partial charge in [-0.3, -0.25) is 14.9 Å². The Hall–Kier alpha value is -2.53. The fourth-order valence-electron chi connectivity index (χ4n) is 6.19. The van der Waals surface area contributed by atoms with E-state index in [1.54, 1.807) is 7.11 Å². The number of aromatic nitrogens is 1. The third-order valence-corrected chi connectivity index (χ3v) is 9.46. The minimum absolute atomic E-state index is 0.0522. The molecule has 5 unspecified atom stereocenters. The first-order valence-electron chi connectivity index (χ1n) is 12.6. The third-order valence-electron chi connectivity index (χ3n) is 8.45. The second-order valence-corrected chi connectivity index (χ2v) is 11.8. The van der Waals surface area contributed by atoms with Crippen LogP contribution in [-0.2, 0) is 27.3 Å². The first-order chi connectivity index (χ1) is 17.6. The molecule has 1 saturated carbocycles. The monoisotopic (exact) mass is 531 g/mol. The maximum atomic E-state index is 13.3. The maximum Gasteiger partial charge on any atom is 0.252 e. The van der Waals surface area contributed by atoms with Crippen molar-refractivity contribution >= 4 is 28.3 Å². The minimum Gasteiger partial charge on any atom is -0.497 e. The molecule has 0 bridgehead atoms. The zero-order valence-electron chi connectivity index (χ0n) is 21.9. The zero-order valence-corrected chi connectivity index (χ0v) is 22.7. The van der Waals surface area contributed by atoms with Crippen molar-refractivity contribution in [2.45, 2.75) is 58.1 Å². The number of carbonyl (C=O) groups is 2. The van der Waals surface area contributed by atoms with Crippen LogP contribution in [0.15, 0.2) is 24.3 Å². The number of amides is 2. The van der Waals surface area contributed by atoms with Crippen molar-refractivity contribution in [2.75, 3.05) is 32.8 Å². The van der Waals surface area contributed by atoms with Gasteiger partial charge in [-0.25, -0.2) is 4.98 Å². The molecule has 37 heavy (non-hydrogen) atoms. The van der Waals surface area contributed by atoms with Gasteiger partial charge < -0.3 is 25.0 Å². The molecule has 10 heteroatoms. The van der Waals surface area contributed by atoms with E-state index in [1.807, 2.05) is 31.2 Å². The Bertz CT molecular complexity index is 1120. The van der Waals surface area contributed by atoms with E-state index < -0.39 is 11.5 Å². The molecule has 0 aliphatic heterocycles. The van der Waals surface area contributed by atoms with Gasteiger partial charge in [0, 0.05) is 36.3 Å². The molecule has 5 atom stereocenters. The standard InChI is InChI=1S/C27H37N3O6S/c1-26-10-9-21(32)27(2,15-31)20(26)12-19-24(30-25(37-19)29-23(34)14-35-3)18(26)11-22(33)28-13-16-5-7-17(36-4)8-6-16/h5-8,18,20-21,31-32H,9-15H2,1-4H3,(H,28,33)(H,29,30,34). The van der Waals surface area contributed by atoms with Crippen LogP contribution in [0, 0.1) is 16.7 Å². The average molecular weight is 532 g/mol. The molecule has 9 nitrogen and oxygen atoms in total. The molecule has 4 N–H and O–H groups in total. The van der Waals surface area contributed by atoms with Crippen LogP contribution in [0.4, 0.5) is 5.13 Å². The summed E-state index contributed by atoms with van der Waals surface area (Å²) in [5.74, 6) is 0.0978.